The highest BCUT2D eigenvalue weighted by Gasteiger charge is 2.29. The molecule has 132 valence electrons. The van der Waals surface area contributed by atoms with Gasteiger partial charge in [-0.2, -0.15) is 5.10 Å². The molecule has 0 radical (unpaired) electrons. The van der Waals surface area contributed by atoms with Crippen LogP contribution in [0, 0.1) is 0 Å². The number of carbonyl (C=O) groups excluding carboxylic acids is 1. The number of amides is 1. The van der Waals surface area contributed by atoms with Gasteiger partial charge in [-0.05, 0) is 43.2 Å². The summed E-state index contributed by atoms with van der Waals surface area (Å²) in [6.07, 6.45) is 4.01. The second-order valence-corrected chi connectivity index (χ2v) is 6.81. The van der Waals surface area contributed by atoms with Crippen molar-refractivity contribution in [2.45, 2.75) is 18.8 Å². The molecule has 1 fully saturated rings. The van der Waals surface area contributed by atoms with Crippen LogP contribution in [0.2, 0.25) is 0 Å². The van der Waals surface area contributed by atoms with Crippen molar-refractivity contribution < 1.29 is 4.79 Å². The summed E-state index contributed by atoms with van der Waals surface area (Å²) in [6.45, 7) is 0. The van der Waals surface area contributed by atoms with Crippen molar-refractivity contribution in [2.75, 3.05) is 5.32 Å². The average molecular weight is 354 g/mol. The van der Waals surface area contributed by atoms with Crippen LogP contribution in [0.3, 0.4) is 0 Å². The molecule has 5 rings (SSSR count). The van der Waals surface area contributed by atoms with Gasteiger partial charge in [-0.15, -0.1) is 0 Å². The van der Waals surface area contributed by atoms with Crippen molar-refractivity contribution in [1.29, 1.82) is 0 Å². The summed E-state index contributed by atoms with van der Waals surface area (Å²) in [7, 11) is 0. The number of aromatic nitrogens is 3. The zero-order valence-corrected chi connectivity index (χ0v) is 14.7. The Labute approximate surface area is 156 Å². The van der Waals surface area contributed by atoms with Gasteiger partial charge in [-0.1, -0.05) is 36.4 Å². The number of pyridine rings is 1. The minimum Gasteiger partial charge on any atom is -0.319 e. The maximum Gasteiger partial charge on any atom is 0.274 e. The minimum atomic E-state index is -0.184. The second-order valence-electron chi connectivity index (χ2n) is 6.81. The van der Waals surface area contributed by atoms with Crippen LogP contribution >= 0.6 is 0 Å². The van der Waals surface area contributed by atoms with Gasteiger partial charge in [0, 0.05) is 17.5 Å². The minimum absolute atomic E-state index is 0.184. The van der Waals surface area contributed by atoms with Crippen molar-refractivity contribution >= 4 is 22.5 Å². The quantitative estimate of drug-likeness (QED) is 0.585. The van der Waals surface area contributed by atoms with Gasteiger partial charge < -0.3 is 5.32 Å². The van der Waals surface area contributed by atoms with Crippen LogP contribution in [0.15, 0.2) is 72.9 Å². The van der Waals surface area contributed by atoms with Crippen molar-refractivity contribution in [3.8, 4) is 5.69 Å². The predicted molar refractivity (Wildman–Crippen MR) is 105 cm³/mol. The van der Waals surface area contributed by atoms with Crippen molar-refractivity contribution in [3.63, 3.8) is 0 Å². The van der Waals surface area contributed by atoms with Crippen LogP contribution in [0.4, 0.5) is 5.69 Å². The van der Waals surface area contributed by atoms with Gasteiger partial charge in [0.15, 0.2) is 0 Å². The fraction of sp³-hybridized carbons (Fsp3) is 0.136. The first-order valence-electron chi connectivity index (χ1n) is 9.10. The van der Waals surface area contributed by atoms with Crippen LogP contribution in [0.25, 0.3) is 16.6 Å². The van der Waals surface area contributed by atoms with E-state index in [0.717, 1.165) is 35.1 Å². The normalized spacial score (nSPS) is 13.6. The molecule has 1 amide bonds. The van der Waals surface area contributed by atoms with Crippen molar-refractivity contribution in [3.05, 3.63) is 84.3 Å². The lowest BCUT2D eigenvalue weighted by Gasteiger charge is -2.10. The van der Waals surface area contributed by atoms with Gasteiger partial charge in [-0.3, -0.25) is 9.78 Å². The highest BCUT2D eigenvalue weighted by atomic mass is 16.2. The van der Waals surface area contributed by atoms with E-state index in [9.17, 15) is 4.79 Å². The Kier molecular flexibility index (Phi) is 3.71. The topological polar surface area (TPSA) is 59.8 Å². The van der Waals surface area contributed by atoms with E-state index in [1.165, 1.54) is 0 Å². The molecule has 0 bridgehead atoms. The molecule has 2 aromatic heterocycles. The van der Waals surface area contributed by atoms with Gasteiger partial charge in [0.25, 0.3) is 5.91 Å². The number of anilines is 1. The largest absolute Gasteiger partial charge is 0.319 e. The van der Waals surface area contributed by atoms with Gasteiger partial charge >= 0.3 is 0 Å². The Balaban J connectivity index is 1.54. The Bertz CT molecular complexity index is 1120. The number of nitrogens with one attached hydrogen (secondary N) is 1. The number of hydrogen-bond donors (Lipinski definition) is 1. The number of hydrogen-bond acceptors (Lipinski definition) is 3. The molecule has 0 unspecified atom stereocenters. The SMILES string of the molecule is O=C(Nc1cccc2cccnc12)c1cc(C2CC2)nn1-c1ccccc1. The molecular weight excluding hydrogens is 336 g/mol. The van der Waals surface area contributed by atoms with E-state index in [2.05, 4.69) is 10.3 Å². The van der Waals surface area contributed by atoms with Crippen LogP contribution in [0.5, 0.6) is 0 Å². The molecule has 1 saturated carbocycles. The molecule has 5 nitrogen and oxygen atoms in total. The number of benzene rings is 2. The lowest BCUT2D eigenvalue weighted by atomic mass is 10.2. The molecule has 2 heterocycles. The summed E-state index contributed by atoms with van der Waals surface area (Å²) in [5, 5.41) is 8.72. The summed E-state index contributed by atoms with van der Waals surface area (Å²) in [6, 6.07) is 21.3. The molecule has 0 spiro atoms. The first-order valence-corrected chi connectivity index (χ1v) is 9.10. The first kappa shape index (κ1) is 15.8. The van der Waals surface area contributed by atoms with Crippen molar-refractivity contribution in [1.82, 2.24) is 14.8 Å². The van der Waals surface area contributed by atoms with Gasteiger partial charge in [0.1, 0.15) is 5.69 Å². The molecule has 0 atom stereocenters. The van der Waals surface area contributed by atoms with Crippen LogP contribution in [0.1, 0.15) is 34.9 Å². The zero-order valence-electron chi connectivity index (χ0n) is 14.7. The maximum absolute atomic E-state index is 13.1. The number of fused-ring (bicyclic) bond motifs is 1. The van der Waals surface area contributed by atoms with E-state index in [-0.39, 0.29) is 5.91 Å². The summed E-state index contributed by atoms with van der Waals surface area (Å²) < 4.78 is 1.74. The van der Waals surface area contributed by atoms with E-state index in [1.807, 2.05) is 66.7 Å². The third-order valence-electron chi connectivity index (χ3n) is 4.84. The van der Waals surface area contributed by atoms with Gasteiger partial charge in [0.2, 0.25) is 0 Å². The molecule has 1 aliphatic carbocycles. The lowest BCUT2D eigenvalue weighted by Crippen LogP contribution is -2.17. The standard InChI is InChI=1S/C22H18N4O/c27-22(24-18-10-4-6-16-7-5-13-23-21(16)18)20-14-19(15-11-12-15)25-26(20)17-8-2-1-3-9-17/h1-10,13-15H,11-12H2,(H,24,27). The summed E-state index contributed by atoms with van der Waals surface area (Å²) in [4.78, 5) is 17.5. The Morgan fingerprint density at radius 2 is 1.81 bits per heavy atom. The molecule has 1 aliphatic rings. The molecule has 1 N–H and O–H groups in total. The van der Waals surface area contributed by atoms with Crippen LogP contribution in [-0.4, -0.2) is 20.7 Å². The van der Waals surface area contributed by atoms with E-state index < -0.39 is 0 Å². The molecular formula is C22H18N4O. The van der Waals surface area contributed by atoms with Crippen molar-refractivity contribution in [2.24, 2.45) is 0 Å². The monoisotopic (exact) mass is 354 g/mol. The predicted octanol–water partition coefficient (Wildman–Crippen LogP) is 4.55. The first-order chi connectivity index (χ1) is 13.3. The third kappa shape index (κ3) is 2.97. The van der Waals surface area contributed by atoms with E-state index in [1.54, 1.807) is 10.9 Å². The molecule has 5 heteroatoms. The van der Waals surface area contributed by atoms with Crippen LogP contribution < -0.4 is 5.32 Å². The summed E-state index contributed by atoms with van der Waals surface area (Å²) in [5.41, 5.74) is 3.88. The Morgan fingerprint density at radius 3 is 2.63 bits per heavy atom. The Hall–Kier alpha value is -3.47. The highest BCUT2D eigenvalue weighted by Crippen LogP contribution is 2.39. The fourth-order valence-corrected chi connectivity index (χ4v) is 3.30. The van der Waals surface area contributed by atoms with E-state index in [4.69, 9.17) is 5.10 Å². The van der Waals surface area contributed by atoms with Gasteiger partial charge in [0.05, 0.1) is 22.6 Å². The number of rotatable bonds is 4. The number of nitrogens with zero attached hydrogens (tertiary/aromatic N) is 3. The molecule has 4 aromatic rings. The lowest BCUT2D eigenvalue weighted by molar-refractivity contribution is 0.102. The van der Waals surface area contributed by atoms with E-state index in [0.29, 0.717) is 17.3 Å². The average Bonchev–Trinajstić information content (AvgIpc) is 3.47. The smallest absolute Gasteiger partial charge is 0.274 e. The number of carbonyl (C=O) groups is 1. The zero-order chi connectivity index (χ0) is 18.2. The molecule has 0 aliphatic heterocycles. The molecule has 0 saturated heterocycles. The third-order valence-corrected chi connectivity index (χ3v) is 4.84. The maximum atomic E-state index is 13.1. The summed E-state index contributed by atoms with van der Waals surface area (Å²) >= 11 is 0. The molecule has 27 heavy (non-hydrogen) atoms. The fourth-order valence-electron chi connectivity index (χ4n) is 3.30. The highest BCUT2D eigenvalue weighted by molar-refractivity contribution is 6.07. The molecule has 2 aromatic carbocycles. The number of para-hydroxylation sites is 2. The summed E-state index contributed by atoms with van der Waals surface area (Å²) in [5.74, 6) is 0.289. The van der Waals surface area contributed by atoms with Crippen LogP contribution in [-0.2, 0) is 0 Å². The van der Waals surface area contributed by atoms with E-state index >= 15 is 0 Å². The Morgan fingerprint density at radius 1 is 1.00 bits per heavy atom. The second kappa shape index (κ2) is 6.36. The van der Waals surface area contributed by atoms with Gasteiger partial charge in [-0.25, -0.2) is 4.68 Å².